The third-order valence-electron chi connectivity index (χ3n) is 3.16. The number of hydrogen-bond acceptors (Lipinski definition) is 4. The van der Waals surface area contributed by atoms with Crippen molar-refractivity contribution in [2.45, 2.75) is 51.6 Å². The molecule has 6 nitrogen and oxygen atoms in total. The van der Waals surface area contributed by atoms with Crippen molar-refractivity contribution >= 4 is 28.3 Å². The molecule has 1 unspecified atom stereocenters. The Morgan fingerprint density at radius 1 is 1.40 bits per heavy atom. The van der Waals surface area contributed by atoms with Gasteiger partial charge < -0.3 is 10.6 Å². The number of halogens is 1. The van der Waals surface area contributed by atoms with E-state index in [1.807, 2.05) is 13.8 Å². The summed E-state index contributed by atoms with van der Waals surface area (Å²) in [6.07, 6.45) is 2.31. The van der Waals surface area contributed by atoms with Crippen LogP contribution in [0.4, 0.5) is 0 Å². The first kappa shape index (κ1) is 19.6. The smallest absolute Gasteiger partial charge is 0.224 e. The van der Waals surface area contributed by atoms with Gasteiger partial charge in [-0.05, 0) is 26.2 Å². The van der Waals surface area contributed by atoms with Crippen LogP contribution in [0.25, 0.3) is 0 Å². The van der Waals surface area contributed by atoms with E-state index in [0.717, 1.165) is 0 Å². The maximum atomic E-state index is 11.8. The Labute approximate surface area is 127 Å². The largest absolute Gasteiger partial charge is 0.343 e. The highest BCUT2D eigenvalue weighted by Gasteiger charge is 2.25. The molecule has 0 aromatic heterocycles. The van der Waals surface area contributed by atoms with Crippen LogP contribution in [0.3, 0.4) is 0 Å². The van der Waals surface area contributed by atoms with Gasteiger partial charge in [0, 0.05) is 31.6 Å². The fraction of sp³-hybridized carbons (Fsp3) is 0.917. The lowest BCUT2D eigenvalue weighted by Gasteiger charge is -2.32. The van der Waals surface area contributed by atoms with Gasteiger partial charge in [-0.1, -0.05) is 6.92 Å². The summed E-state index contributed by atoms with van der Waals surface area (Å²) < 4.78 is 26.0. The minimum Gasteiger partial charge on any atom is -0.343 e. The number of nitrogens with zero attached hydrogens (tertiary/aromatic N) is 1. The van der Waals surface area contributed by atoms with Crippen LogP contribution in [-0.4, -0.2) is 50.2 Å². The summed E-state index contributed by atoms with van der Waals surface area (Å²) in [5.41, 5.74) is 5.60. The molecule has 1 heterocycles. The molecule has 3 N–H and O–H groups in total. The summed E-state index contributed by atoms with van der Waals surface area (Å²) in [6.45, 7) is 4.85. The second-order valence-corrected chi connectivity index (χ2v) is 7.15. The van der Waals surface area contributed by atoms with Crippen molar-refractivity contribution in [1.82, 2.24) is 9.62 Å². The number of rotatable bonds is 6. The van der Waals surface area contributed by atoms with E-state index >= 15 is 0 Å². The van der Waals surface area contributed by atoms with Crippen molar-refractivity contribution in [3.05, 3.63) is 0 Å². The monoisotopic (exact) mass is 327 g/mol. The van der Waals surface area contributed by atoms with Crippen LogP contribution < -0.4 is 10.5 Å². The second-order valence-electron chi connectivity index (χ2n) is 5.27. The molecule has 0 bridgehead atoms. The molecule has 1 saturated heterocycles. The first-order chi connectivity index (χ1) is 8.84. The van der Waals surface area contributed by atoms with E-state index < -0.39 is 10.0 Å². The number of hydrogen-bond donors (Lipinski definition) is 2. The van der Waals surface area contributed by atoms with E-state index in [1.165, 1.54) is 0 Å². The van der Waals surface area contributed by atoms with Crippen LogP contribution in [0.15, 0.2) is 0 Å². The molecule has 1 fully saturated rings. The van der Waals surface area contributed by atoms with Crippen LogP contribution in [0.5, 0.6) is 0 Å². The molecule has 1 aliphatic heterocycles. The molecule has 0 aromatic carbocycles. The first-order valence-electron chi connectivity index (χ1n) is 6.87. The Morgan fingerprint density at radius 3 is 2.40 bits per heavy atom. The Balaban J connectivity index is 0.00000361. The van der Waals surface area contributed by atoms with Crippen molar-refractivity contribution in [3.8, 4) is 0 Å². The lowest BCUT2D eigenvalue weighted by molar-refractivity contribution is -0.132. The summed E-state index contributed by atoms with van der Waals surface area (Å²) in [5.74, 6) is 0.224. The standard InChI is InChI=1S/C12H25N3O3S.ClH/c1-3-8-19(17,18)14-11-4-6-15(7-5-11)12(16)9-10(2)13;/h10-11,14H,3-9,13H2,1-2H3;1H. The lowest BCUT2D eigenvalue weighted by atomic mass is 10.1. The van der Waals surface area contributed by atoms with E-state index in [4.69, 9.17) is 5.73 Å². The number of sulfonamides is 1. The predicted octanol–water partition coefficient (Wildman–Crippen LogP) is 0.466. The topological polar surface area (TPSA) is 92.5 Å². The molecule has 0 spiro atoms. The zero-order valence-corrected chi connectivity index (χ0v) is 13.8. The summed E-state index contributed by atoms with van der Waals surface area (Å²) in [4.78, 5) is 13.6. The molecular weight excluding hydrogens is 302 g/mol. The van der Waals surface area contributed by atoms with Gasteiger partial charge in [0.2, 0.25) is 15.9 Å². The van der Waals surface area contributed by atoms with Crippen LogP contribution in [0, 0.1) is 0 Å². The molecule has 120 valence electrons. The molecular formula is C12H26ClN3O3S. The zero-order chi connectivity index (χ0) is 14.5. The van der Waals surface area contributed by atoms with Crippen molar-refractivity contribution in [2.75, 3.05) is 18.8 Å². The van der Waals surface area contributed by atoms with E-state index in [1.54, 1.807) is 4.90 Å². The van der Waals surface area contributed by atoms with Crippen molar-refractivity contribution in [1.29, 1.82) is 0 Å². The molecule has 20 heavy (non-hydrogen) atoms. The summed E-state index contributed by atoms with van der Waals surface area (Å²) in [7, 11) is -3.16. The van der Waals surface area contributed by atoms with E-state index in [0.29, 0.717) is 38.8 Å². The third kappa shape index (κ3) is 6.88. The van der Waals surface area contributed by atoms with Gasteiger partial charge in [-0.2, -0.15) is 0 Å². The van der Waals surface area contributed by atoms with Gasteiger partial charge in [0.25, 0.3) is 0 Å². The summed E-state index contributed by atoms with van der Waals surface area (Å²) in [6, 6.07) is -0.177. The number of amides is 1. The van der Waals surface area contributed by atoms with Crippen LogP contribution in [-0.2, 0) is 14.8 Å². The van der Waals surface area contributed by atoms with Gasteiger partial charge in [0.15, 0.2) is 0 Å². The van der Waals surface area contributed by atoms with E-state index in [-0.39, 0.29) is 36.2 Å². The summed E-state index contributed by atoms with van der Waals surface area (Å²) in [5, 5.41) is 0. The third-order valence-corrected chi connectivity index (χ3v) is 4.80. The molecule has 1 aliphatic rings. The summed E-state index contributed by atoms with van der Waals surface area (Å²) >= 11 is 0. The van der Waals surface area contributed by atoms with E-state index in [2.05, 4.69) is 4.72 Å². The second kappa shape index (κ2) is 8.81. The molecule has 0 aliphatic carbocycles. The molecule has 0 radical (unpaired) electrons. The maximum Gasteiger partial charge on any atom is 0.224 e. The van der Waals surface area contributed by atoms with Crippen molar-refractivity contribution < 1.29 is 13.2 Å². The molecule has 1 rings (SSSR count). The van der Waals surface area contributed by atoms with Crippen LogP contribution in [0.2, 0.25) is 0 Å². The highest BCUT2D eigenvalue weighted by atomic mass is 35.5. The SMILES string of the molecule is CCCS(=O)(=O)NC1CCN(C(=O)CC(C)N)CC1.Cl. The van der Waals surface area contributed by atoms with Gasteiger partial charge in [-0.15, -0.1) is 12.4 Å². The minimum absolute atomic E-state index is 0. The van der Waals surface area contributed by atoms with Gasteiger partial charge in [-0.25, -0.2) is 13.1 Å². The fourth-order valence-corrected chi connectivity index (χ4v) is 3.63. The Hall–Kier alpha value is -0.370. The fourth-order valence-electron chi connectivity index (χ4n) is 2.23. The maximum absolute atomic E-state index is 11.8. The van der Waals surface area contributed by atoms with Gasteiger partial charge in [0.1, 0.15) is 0 Å². The van der Waals surface area contributed by atoms with Gasteiger partial charge in [-0.3, -0.25) is 4.79 Å². The average molecular weight is 328 g/mol. The van der Waals surface area contributed by atoms with Crippen molar-refractivity contribution in [3.63, 3.8) is 0 Å². The number of piperidine rings is 1. The Morgan fingerprint density at radius 2 is 1.95 bits per heavy atom. The quantitative estimate of drug-likeness (QED) is 0.741. The minimum atomic E-state index is -3.16. The average Bonchev–Trinajstić information content (AvgIpc) is 2.28. The number of nitrogens with two attached hydrogens (primary N) is 1. The molecule has 0 aromatic rings. The molecule has 1 atom stereocenters. The number of nitrogens with one attached hydrogen (secondary N) is 1. The molecule has 8 heteroatoms. The highest BCUT2D eigenvalue weighted by Crippen LogP contribution is 2.13. The lowest BCUT2D eigenvalue weighted by Crippen LogP contribution is -2.47. The van der Waals surface area contributed by atoms with Gasteiger partial charge in [0.05, 0.1) is 5.75 Å². The Bertz CT molecular complexity index is 393. The highest BCUT2D eigenvalue weighted by molar-refractivity contribution is 7.89. The zero-order valence-electron chi connectivity index (χ0n) is 12.2. The normalized spacial score (nSPS) is 18.4. The number of likely N-dealkylation sites (tertiary alicyclic amines) is 1. The number of carbonyl (C=O) groups is 1. The van der Waals surface area contributed by atoms with Crippen LogP contribution in [0.1, 0.15) is 39.5 Å². The Kier molecular flexibility index (Phi) is 8.65. The molecule has 1 amide bonds. The first-order valence-corrected chi connectivity index (χ1v) is 8.52. The molecule has 0 saturated carbocycles. The van der Waals surface area contributed by atoms with Crippen LogP contribution >= 0.6 is 12.4 Å². The van der Waals surface area contributed by atoms with Gasteiger partial charge >= 0.3 is 0 Å². The number of carbonyl (C=O) groups excluding carboxylic acids is 1. The van der Waals surface area contributed by atoms with E-state index in [9.17, 15) is 13.2 Å². The predicted molar refractivity (Wildman–Crippen MR) is 82.3 cm³/mol. The van der Waals surface area contributed by atoms with Crippen molar-refractivity contribution in [2.24, 2.45) is 5.73 Å².